The second-order valence-corrected chi connectivity index (χ2v) is 3.84. The maximum atomic E-state index is 12.5. The van der Waals surface area contributed by atoms with Gasteiger partial charge in [0.1, 0.15) is 5.41 Å². The van der Waals surface area contributed by atoms with Crippen LogP contribution in [0.3, 0.4) is 0 Å². The molecule has 1 N–H and O–H groups in total. The summed E-state index contributed by atoms with van der Waals surface area (Å²) in [6, 6.07) is 0. The predicted octanol–water partition coefficient (Wildman–Crippen LogP) is 1.65. The van der Waals surface area contributed by atoms with Crippen LogP contribution in [0.15, 0.2) is 12.4 Å². The maximum Gasteiger partial charge on any atom is 0.252 e. The van der Waals surface area contributed by atoms with E-state index >= 15 is 0 Å². The highest BCUT2D eigenvalue weighted by Crippen LogP contribution is 2.26. The Morgan fingerprint density at radius 2 is 2.20 bits per heavy atom. The van der Waals surface area contributed by atoms with Crippen LogP contribution in [-0.4, -0.2) is 21.9 Å². The summed E-state index contributed by atoms with van der Waals surface area (Å²) < 4.78 is 26.5. The highest BCUT2D eigenvalue weighted by atomic mass is 19.3. The number of nitrogens with zero attached hydrogens (tertiary/aromatic N) is 2. The fourth-order valence-corrected chi connectivity index (χ4v) is 0.848. The highest BCUT2D eigenvalue weighted by Gasteiger charge is 2.38. The molecule has 6 heteroatoms. The van der Waals surface area contributed by atoms with Crippen molar-refractivity contribution < 1.29 is 13.6 Å². The minimum absolute atomic E-state index is 0.258. The zero-order chi connectivity index (χ0) is 11.6. The first-order valence-corrected chi connectivity index (χ1v) is 4.42. The average molecular weight is 217 g/mol. The molecule has 0 radical (unpaired) electrons. The van der Waals surface area contributed by atoms with Crippen molar-refractivity contribution in [3.63, 3.8) is 0 Å². The topological polar surface area (TPSA) is 46.9 Å². The molecule has 0 aliphatic carbocycles. The van der Waals surface area contributed by atoms with Gasteiger partial charge < -0.3 is 4.57 Å². The summed E-state index contributed by atoms with van der Waals surface area (Å²) in [5.41, 5.74) is -1.72. The van der Waals surface area contributed by atoms with Crippen LogP contribution in [0.5, 0.6) is 0 Å². The van der Waals surface area contributed by atoms with Crippen LogP contribution >= 0.6 is 0 Å². The van der Waals surface area contributed by atoms with E-state index in [9.17, 15) is 13.6 Å². The molecular weight excluding hydrogens is 204 g/mol. The summed E-state index contributed by atoms with van der Waals surface area (Å²) in [7, 11) is 1.66. The first-order chi connectivity index (χ1) is 6.85. The molecule has 0 bridgehead atoms. The number of alkyl halides is 2. The molecule has 0 unspecified atom stereocenters. The van der Waals surface area contributed by atoms with Gasteiger partial charge in [0.15, 0.2) is 0 Å². The van der Waals surface area contributed by atoms with Crippen molar-refractivity contribution in [1.29, 1.82) is 0 Å². The number of carbonyl (C=O) groups is 1. The van der Waals surface area contributed by atoms with Gasteiger partial charge in [-0.3, -0.25) is 10.1 Å². The van der Waals surface area contributed by atoms with Crippen LogP contribution in [0.1, 0.15) is 13.8 Å². The minimum atomic E-state index is -2.71. The molecule has 0 fully saturated rings. The number of anilines is 1. The Morgan fingerprint density at radius 1 is 1.60 bits per heavy atom. The van der Waals surface area contributed by atoms with E-state index in [1.165, 1.54) is 20.0 Å². The van der Waals surface area contributed by atoms with E-state index in [1.54, 1.807) is 17.8 Å². The number of carbonyl (C=O) groups excluding carboxylic acids is 1. The Labute approximate surface area is 86.3 Å². The predicted molar refractivity (Wildman–Crippen MR) is 51.6 cm³/mol. The van der Waals surface area contributed by atoms with Gasteiger partial charge in [0.2, 0.25) is 11.9 Å². The maximum absolute atomic E-state index is 12.5. The average Bonchev–Trinajstić information content (AvgIpc) is 2.51. The summed E-state index contributed by atoms with van der Waals surface area (Å²) in [4.78, 5) is 15.3. The third-order valence-corrected chi connectivity index (χ3v) is 2.18. The van der Waals surface area contributed by atoms with Crippen molar-refractivity contribution >= 4 is 11.9 Å². The van der Waals surface area contributed by atoms with E-state index in [-0.39, 0.29) is 5.95 Å². The SMILES string of the molecule is Cn1ccnc1NC(=O)C(C)(C)C(F)F. The van der Waals surface area contributed by atoms with Crippen molar-refractivity contribution in [2.24, 2.45) is 12.5 Å². The third-order valence-electron chi connectivity index (χ3n) is 2.18. The van der Waals surface area contributed by atoms with Crippen LogP contribution in [0.2, 0.25) is 0 Å². The number of imidazole rings is 1. The van der Waals surface area contributed by atoms with Gasteiger partial charge in [0.05, 0.1) is 0 Å². The van der Waals surface area contributed by atoms with Crippen molar-refractivity contribution in [2.45, 2.75) is 20.3 Å². The molecule has 0 aromatic carbocycles. The van der Waals surface area contributed by atoms with Gasteiger partial charge in [-0.1, -0.05) is 0 Å². The zero-order valence-electron chi connectivity index (χ0n) is 8.79. The summed E-state index contributed by atoms with van der Waals surface area (Å²) in [6.07, 6.45) is 0.383. The number of aryl methyl sites for hydroxylation is 1. The molecule has 1 heterocycles. The van der Waals surface area contributed by atoms with Gasteiger partial charge >= 0.3 is 0 Å². The summed E-state index contributed by atoms with van der Waals surface area (Å²) in [5.74, 6) is -0.486. The number of nitrogens with one attached hydrogen (secondary N) is 1. The van der Waals surface area contributed by atoms with Gasteiger partial charge in [-0.15, -0.1) is 0 Å². The molecule has 4 nitrogen and oxygen atoms in total. The Hall–Kier alpha value is -1.46. The van der Waals surface area contributed by atoms with E-state index in [1.807, 2.05) is 0 Å². The molecule has 0 spiro atoms. The standard InChI is InChI=1S/C9H13F2N3O/c1-9(2,6(10)11)7(15)13-8-12-4-5-14(8)3/h4-6H,1-3H3,(H,12,13,15). The van der Waals surface area contributed by atoms with Gasteiger partial charge in [-0.2, -0.15) is 0 Å². The molecule has 1 rings (SSSR count). The quantitative estimate of drug-likeness (QED) is 0.836. The van der Waals surface area contributed by atoms with Crippen LogP contribution in [0, 0.1) is 5.41 Å². The van der Waals surface area contributed by atoms with E-state index < -0.39 is 17.7 Å². The molecule has 1 aromatic rings. The smallest absolute Gasteiger partial charge is 0.252 e. The fourth-order valence-electron chi connectivity index (χ4n) is 0.848. The normalized spacial score (nSPS) is 11.9. The van der Waals surface area contributed by atoms with Crippen molar-refractivity contribution in [3.8, 4) is 0 Å². The molecule has 84 valence electrons. The fraction of sp³-hybridized carbons (Fsp3) is 0.556. The first kappa shape index (κ1) is 11.6. The first-order valence-electron chi connectivity index (χ1n) is 4.42. The van der Waals surface area contributed by atoms with Crippen molar-refractivity contribution in [1.82, 2.24) is 9.55 Å². The Bertz CT molecular complexity index is 360. The molecule has 1 amide bonds. The summed E-state index contributed by atoms with van der Waals surface area (Å²) in [5, 5.41) is 2.34. The van der Waals surface area contributed by atoms with Crippen LogP contribution < -0.4 is 5.32 Å². The van der Waals surface area contributed by atoms with E-state index in [0.29, 0.717) is 0 Å². The molecule has 0 saturated carbocycles. The lowest BCUT2D eigenvalue weighted by molar-refractivity contribution is -0.131. The van der Waals surface area contributed by atoms with E-state index in [0.717, 1.165) is 0 Å². The number of amides is 1. The van der Waals surface area contributed by atoms with Gasteiger partial charge in [0.25, 0.3) is 6.43 Å². The summed E-state index contributed by atoms with van der Waals surface area (Å²) in [6.45, 7) is 2.38. The highest BCUT2D eigenvalue weighted by molar-refractivity contribution is 5.93. The van der Waals surface area contributed by atoms with Crippen LogP contribution in [0.25, 0.3) is 0 Å². The molecule has 0 aliphatic rings. The number of rotatable bonds is 3. The van der Waals surface area contributed by atoms with E-state index in [2.05, 4.69) is 10.3 Å². The van der Waals surface area contributed by atoms with Crippen molar-refractivity contribution in [3.05, 3.63) is 12.4 Å². The monoisotopic (exact) mass is 217 g/mol. The molecular formula is C9H13F2N3O. The lowest BCUT2D eigenvalue weighted by Gasteiger charge is -2.21. The minimum Gasteiger partial charge on any atom is -0.320 e. The number of halogens is 2. The summed E-state index contributed by atoms with van der Waals surface area (Å²) >= 11 is 0. The molecule has 1 aromatic heterocycles. The Kier molecular flexibility index (Phi) is 3.06. The molecule has 0 atom stereocenters. The third kappa shape index (κ3) is 2.31. The number of aromatic nitrogens is 2. The molecule has 0 aliphatic heterocycles. The Morgan fingerprint density at radius 3 is 2.60 bits per heavy atom. The van der Waals surface area contributed by atoms with Gasteiger partial charge in [-0.05, 0) is 13.8 Å². The van der Waals surface area contributed by atoms with Crippen molar-refractivity contribution in [2.75, 3.05) is 5.32 Å². The van der Waals surface area contributed by atoms with Gasteiger partial charge in [0, 0.05) is 19.4 Å². The molecule has 0 saturated heterocycles. The zero-order valence-corrected chi connectivity index (χ0v) is 8.79. The lowest BCUT2D eigenvalue weighted by Crippen LogP contribution is -2.37. The number of hydrogen-bond donors (Lipinski definition) is 1. The second-order valence-electron chi connectivity index (χ2n) is 3.84. The second kappa shape index (κ2) is 3.96. The molecule has 15 heavy (non-hydrogen) atoms. The van der Waals surface area contributed by atoms with E-state index in [4.69, 9.17) is 0 Å². The Balaban J connectivity index is 2.76. The lowest BCUT2D eigenvalue weighted by atomic mass is 9.93. The van der Waals surface area contributed by atoms with Crippen LogP contribution in [0.4, 0.5) is 14.7 Å². The largest absolute Gasteiger partial charge is 0.320 e. The van der Waals surface area contributed by atoms with Gasteiger partial charge in [-0.25, -0.2) is 13.8 Å². The van der Waals surface area contributed by atoms with Crippen LogP contribution in [-0.2, 0) is 11.8 Å². The number of hydrogen-bond acceptors (Lipinski definition) is 2.